The number of anilines is 2. The molecule has 2 heterocycles. The van der Waals surface area contributed by atoms with Crippen molar-refractivity contribution in [1.29, 1.82) is 5.26 Å². The number of nitrogens with two attached hydrogens (primary N) is 1. The van der Waals surface area contributed by atoms with E-state index in [1.165, 1.54) is 12.8 Å². The van der Waals surface area contributed by atoms with Gasteiger partial charge in [0.1, 0.15) is 6.07 Å². The van der Waals surface area contributed by atoms with Crippen LogP contribution in [0.2, 0.25) is 0 Å². The van der Waals surface area contributed by atoms with Gasteiger partial charge in [-0.3, -0.25) is 4.90 Å². The first-order valence-corrected chi connectivity index (χ1v) is 7.64. The lowest BCUT2D eigenvalue weighted by molar-refractivity contribution is 0.0115. The number of hydrogen-bond donors (Lipinski definition) is 1. The first-order chi connectivity index (χ1) is 10.3. The fraction of sp³-hybridized carbons (Fsp3) is 0.562. The van der Waals surface area contributed by atoms with E-state index in [-0.39, 0.29) is 0 Å². The quantitative estimate of drug-likeness (QED) is 0.833. The number of rotatable bonds is 2. The minimum atomic E-state index is 0.560. The number of nitrogens with zero attached hydrogens (tertiary/aromatic N) is 3. The molecule has 0 spiro atoms. The Morgan fingerprint density at radius 2 is 1.86 bits per heavy atom. The molecule has 5 nitrogen and oxygen atoms in total. The maximum absolute atomic E-state index is 9.09. The van der Waals surface area contributed by atoms with E-state index in [2.05, 4.69) is 15.9 Å². The Bertz CT molecular complexity index is 526. The third kappa shape index (κ3) is 3.12. The molecule has 2 N–H and O–H groups in total. The minimum Gasteiger partial charge on any atom is -0.398 e. The fourth-order valence-electron chi connectivity index (χ4n) is 3.27. The Kier molecular flexibility index (Phi) is 4.28. The van der Waals surface area contributed by atoms with Crippen LogP contribution < -0.4 is 10.6 Å². The molecule has 0 unspecified atom stereocenters. The zero-order valence-corrected chi connectivity index (χ0v) is 12.3. The number of ether oxygens (including phenoxy) is 1. The Morgan fingerprint density at radius 1 is 1.14 bits per heavy atom. The highest BCUT2D eigenvalue weighted by molar-refractivity contribution is 5.62. The van der Waals surface area contributed by atoms with Crippen molar-refractivity contribution in [1.82, 2.24) is 4.90 Å². The fourth-order valence-corrected chi connectivity index (χ4v) is 3.27. The number of nitriles is 1. The normalized spacial score (nSPS) is 21.2. The number of benzene rings is 1. The SMILES string of the molecule is N#Cc1cc(N2CCC(N3CCOCC3)CC2)ccc1N. The molecule has 112 valence electrons. The van der Waals surface area contributed by atoms with Crippen LogP contribution in [0, 0.1) is 11.3 Å². The second-order valence-corrected chi connectivity index (χ2v) is 5.75. The van der Waals surface area contributed by atoms with Gasteiger partial charge in [-0.15, -0.1) is 0 Å². The van der Waals surface area contributed by atoms with Crippen LogP contribution in [0.4, 0.5) is 11.4 Å². The molecule has 1 aromatic rings. The van der Waals surface area contributed by atoms with Gasteiger partial charge in [-0.1, -0.05) is 0 Å². The van der Waals surface area contributed by atoms with Gasteiger partial charge >= 0.3 is 0 Å². The lowest BCUT2D eigenvalue weighted by Gasteiger charge is -2.40. The molecule has 0 bridgehead atoms. The summed E-state index contributed by atoms with van der Waals surface area (Å²) in [5, 5.41) is 9.09. The van der Waals surface area contributed by atoms with Crippen molar-refractivity contribution in [3.8, 4) is 6.07 Å². The topological polar surface area (TPSA) is 65.5 Å². The molecule has 0 radical (unpaired) electrons. The van der Waals surface area contributed by atoms with Crippen LogP contribution in [0.15, 0.2) is 18.2 Å². The molecule has 0 amide bonds. The van der Waals surface area contributed by atoms with Crippen molar-refractivity contribution >= 4 is 11.4 Å². The van der Waals surface area contributed by atoms with Crippen LogP contribution in [0.5, 0.6) is 0 Å². The average molecular weight is 286 g/mol. The smallest absolute Gasteiger partial charge is 0.101 e. The van der Waals surface area contributed by atoms with E-state index in [1.54, 1.807) is 0 Å². The van der Waals surface area contributed by atoms with Crippen LogP contribution in [0.3, 0.4) is 0 Å². The summed E-state index contributed by atoms with van der Waals surface area (Å²) in [4.78, 5) is 4.92. The van der Waals surface area contributed by atoms with Gasteiger partial charge in [-0.2, -0.15) is 5.26 Å². The average Bonchev–Trinajstić information content (AvgIpc) is 2.56. The molecule has 2 saturated heterocycles. The highest BCUT2D eigenvalue weighted by Gasteiger charge is 2.26. The van der Waals surface area contributed by atoms with Gasteiger partial charge in [0, 0.05) is 43.6 Å². The van der Waals surface area contributed by atoms with Crippen molar-refractivity contribution in [3.05, 3.63) is 23.8 Å². The summed E-state index contributed by atoms with van der Waals surface area (Å²) in [6, 6.07) is 8.60. The van der Waals surface area contributed by atoms with Crippen molar-refractivity contribution in [2.24, 2.45) is 0 Å². The van der Waals surface area contributed by atoms with E-state index < -0.39 is 0 Å². The van der Waals surface area contributed by atoms with Gasteiger partial charge < -0.3 is 15.4 Å². The zero-order valence-electron chi connectivity index (χ0n) is 12.3. The first-order valence-electron chi connectivity index (χ1n) is 7.64. The summed E-state index contributed by atoms with van der Waals surface area (Å²) in [5.41, 5.74) is 8.03. The highest BCUT2D eigenvalue weighted by atomic mass is 16.5. The Balaban J connectivity index is 1.61. The standard InChI is InChI=1S/C16H22N4O/c17-12-13-11-15(1-2-16(13)18)19-5-3-14(4-6-19)20-7-9-21-10-8-20/h1-2,11,14H,3-10,18H2. The van der Waals surface area contributed by atoms with E-state index in [4.69, 9.17) is 15.7 Å². The molecular formula is C16H22N4O. The molecule has 0 aliphatic carbocycles. The van der Waals surface area contributed by atoms with Crippen LogP contribution in [-0.4, -0.2) is 50.3 Å². The van der Waals surface area contributed by atoms with E-state index in [1.807, 2.05) is 18.2 Å². The summed E-state index contributed by atoms with van der Waals surface area (Å²) in [5.74, 6) is 0. The molecule has 5 heteroatoms. The van der Waals surface area contributed by atoms with Crippen molar-refractivity contribution in [2.45, 2.75) is 18.9 Å². The summed E-state index contributed by atoms with van der Waals surface area (Å²) in [7, 11) is 0. The molecule has 0 atom stereocenters. The Morgan fingerprint density at radius 3 is 2.52 bits per heavy atom. The molecule has 0 aromatic heterocycles. The Labute approximate surface area is 125 Å². The van der Waals surface area contributed by atoms with E-state index in [0.717, 1.165) is 45.1 Å². The van der Waals surface area contributed by atoms with Gasteiger partial charge in [0.15, 0.2) is 0 Å². The van der Waals surface area contributed by atoms with Crippen LogP contribution in [0.1, 0.15) is 18.4 Å². The zero-order chi connectivity index (χ0) is 14.7. The van der Waals surface area contributed by atoms with Gasteiger partial charge in [0.05, 0.1) is 18.8 Å². The Hall–Kier alpha value is -1.77. The lowest BCUT2D eigenvalue weighted by atomic mass is 10.0. The van der Waals surface area contributed by atoms with Crippen molar-refractivity contribution < 1.29 is 4.74 Å². The maximum Gasteiger partial charge on any atom is 0.101 e. The van der Waals surface area contributed by atoms with Gasteiger partial charge in [-0.05, 0) is 31.0 Å². The largest absolute Gasteiger partial charge is 0.398 e. The minimum absolute atomic E-state index is 0.560. The van der Waals surface area contributed by atoms with E-state index >= 15 is 0 Å². The highest BCUT2D eigenvalue weighted by Crippen LogP contribution is 2.25. The van der Waals surface area contributed by atoms with Crippen LogP contribution in [0.25, 0.3) is 0 Å². The predicted molar refractivity (Wildman–Crippen MR) is 83.2 cm³/mol. The number of nitrogen functional groups attached to an aromatic ring is 1. The summed E-state index contributed by atoms with van der Waals surface area (Å²) >= 11 is 0. The van der Waals surface area contributed by atoms with Crippen LogP contribution in [-0.2, 0) is 4.74 Å². The molecule has 2 aliphatic rings. The predicted octanol–water partition coefficient (Wildman–Crippen LogP) is 1.44. The first kappa shape index (κ1) is 14.2. The van der Waals surface area contributed by atoms with Gasteiger partial charge in [0.25, 0.3) is 0 Å². The maximum atomic E-state index is 9.09. The second-order valence-electron chi connectivity index (χ2n) is 5.75. The van der Waals surface area contributed by atoms with Crippen molar-refractivity contribution in [2.75, 3.05) is 50.0 Å². The summed E-state index contributed by atoms with van der Waals surface area (Å²) < 4.78 is 5.42. The van der Waals surface area contributed by atoms with Gasteiger partial charge in [0.2, 0.25) is 0 Å². The second kappa shape index (κ2) is 6.33. The van der Waals surface area contributed by atoms with Gasteiger partial charge in [-0.25, -0.2) is 0 Å². The summed E-state index contributed by atoms with van der Waals surface area (Å²) in [6.07, 6.45) is 2.35. The third-order valence-corrected chi connectivity index (χ3v) is 4.55. The molecule has 1 aromatic carbocycles. The molecule has 2 aliphatic heterocycles. The number of hydrogen-bond acceptors (Lipinski definition) is 5. The number of morpholine rings is 1. The molecule has 21 heavy (non-hydrogen) atoms. The van der Waals surface area contributed by atoms with E-state index in [9.17, 15) is 0 Å². The van der Waals surface area contributed by atoms with E-state index in [0.29, 0.717) is 17.3 Å². The molecule has 3 rings (SSSR count). The molecular weight excluding hydrogens is 264 g/mol. The summed E-state index contributed by atoms with van der Waals surface area (Å²) in [6.45, 7) is 5.93. The van der Waals surface area contributed by atoms with Crippen molar-refractivity contribution in [3.63, 3.8) is 0 Å². The number of piperidine rings is 1. The monoisotopic (exact) mass is 286 g/mol. The molecule has 0 saturated carbocycles. The van der Waals surface area contributed by atoms with Crippen LogP contribution >= 0.6 is 0 Å². The third-order valence-electron chi connectivity index (χ3n) is 4.55. The molecule has 2 fully saturated rings. The lowest BCUT2D eigenvalue weighted by Crippen LogP contribution is -2.49.